The second-order valence-electron chi connectivity index (χ2n) is 11.8. The van der Waals surface area contributed by atoms with Crippen LogP contribution in [0.2, 0.25) is 0 Å². The molecule has 0 aromatic heterocycles. The third-order valence-electron chi connectivity index (χ3n) is 8.94. The summed E-state index contributed by atoms with van der Waals surface area (Å²) in [5.41, 5.74) is 11.0. The summed E-state index contributed by atoms with van der Waals surface area (Å²) in [7, 11) is 0. The Bertz CT molecular complexity index is 2190. The van der Waals surface area contributed by atoms with E-state index >= 15 is 0 Å². The number of hydrogen-bond donors (Lipinski definition) is 0. The van der Waals surface area contributed by atoms with Crippen molar-refractivity contribution in [2.45, 2.75) is 19.9 Å². The molecule has 1 heteroatoms. The molecule has 1 heterocycles. The van der Waals surface area contributed by atoms with Gasteiger partial charge in [0.15, 0.2) is 0 Å². The molecule has 0 radical (unpaired) electrons. The van der Waals surface area contributed by atoms with E-state index in [4.69, 9.17) is 5.32 Å². The summed E-state index contributed by atoms with van der Waals surface area (Å²) < 4.78 is 0. The molecule has 0 saturated heterocycles. The average molecular weight is 563 g/mol. The number of rotatable bonds is 4. The Morgan fingerprint density at radius 3 is 1.52 bits per heavy atom. The van der Waals surface area contributed by atoms with Gasteiger partial charge in [0.1, 0.15) is 0 Å². The van der Waals surface area contributed by atoms with Gasteiger partial charge in [-0.15, -0.1) is 11.7 Å². The molecule has 0 saturated carbocycles. The second kappa shape index (κ2) is 10.7. The van der Waals surface area contributed by atoms with Crippen LogP contribution in [-0.2, 0) is 0 Å². The number of fused-ring (bicyclic) bond motifs is 3. The van der Waals surface area contributed by atoms with Gasteiger partial charge in [-0.1, -0.05) is 164 Å². The number of aryl methyl sites for hydroxylation is 1. The molecule has 1 nitrogen and oxygen atoms in total. The van der Waals surface area contributed by atoms with Crippen LogP contribution in [0.15, 0.2) is 152 Å². The first-order chi connectivity index (χ1) is 21.7. The molecule has 44 heavy (non-hydrogen) atoms. The van der Waals surface area contributed by atoms with E-state index in [1.807, 2.05) is 0 Å². The van der Waals surface area contributed by atoms with E-state index in [1.165, 1.54) is 71.3 Å². The van der Waals surface area contributed by atoms with Crippen LogP contribution < -0.4 is 0 Å². The van der Waals surface area contributed by atoms with Crippen molar-refractivity contribution in [3.8, 4) is 33.4 Å². The van der Waals surface area contributed by atoms with Gasteiger partial charge >= 0.3 is 0 Å². The van der Waals surface area contributed by atoms with Crippen LogP contribution in [0.1, 0.15) is 18.1 Å². The van der Waals surface area contributed by atoms with E-state index in [-0.39, 0.29) is 6.04 Å². The predicted octanol–water partition coefficient (Wildman–Crippen LogP) is 12.1. The summed E-state index contributed by atoms with van der Waals surface area (Å²) >= 11 is 0. The summed E-state index contributed by atoms with van der Waals surface area (Å²) in [6.45, 7) is 4.26. The monoisotopic (exact) mass is 562 g/mol. The highest BCUT2D eigenvalue weighted by Crippen LogP contribution is 2.46. The highest BCUT2D eigenvalue weighted by molar-refractivity contribution is 6.24. The number of benzene rings is 7. The normalized spacial score (nSPS) is 14.6. The molecule has 7 aromatic rings. The van der Waals surface area contributed by atoms with Gasteiger partial charge in [-0.25, -0.2) is 0 Å². The van der Waals surface area contributed by atoms with Crippen LogP contribution in [-0.4, -0.2) is 6.04 Å². The highest BCUT2D eigenvalue weighted by Gasteiger charge is 2.19. The van der Waals surface area contributed by atoms with Gasteiger partial charge in [0.2, 0.25) is 0 Å². The predicted molar refractivity (Wildman–Crippen MR) is 190 cm³/mol. The van der Waals surface area contributed by atoms with Crippen molar-refractivity contribution in [3.63, 3.8) is 0 Å². The van der Waals surface area contributed by atoms with Crippen molar-refractivity contribution in [1.29, 1.82) is 0 Å². The Labute approximate surface area is 258 Å². The standard InChI is InChI=1S/C43H32N/c1-28-18-20-30(21-19-28)33-26-27-40(35-12-4-3-11-34(33)35)43-38-15-7-5-13-36(38)42(37-14-6-8-16-39(37)43)32-24-22-31(23-25-32)41-17-9-10-29(2)44-41/h3-27,29H,1-2H3/q-1. The van der Waals surface area contributed by atoms with Gasteiger partial charge in [-0.3, -0.25) is 0 Å². The zero-order chi connectivity index (χ0) is 29.6. The lowest BCUT2D eigenvalue weighted by molar-refractivity contribution is 1.05. The first-order valence-corrected chi connectivity index (χ1v) is 15.4. The van der Waals surface area contributed by atoms with Crippen LogP contribution in [0.3, 0.4) is 0 Å². The van der Waals surface area contributed by atoms with Crippen molar-refractivity contribution in [2.24, 2.45) is 0 Å². The number of hydrogen-bond acceptors (Lipinski definition) is 0. The molecule has 0 bridgehead atoms. The summed E-state index contributed by atoms with van der Waals surface area (Å²) in [5, 5.41) is 12.4. The molecule has 1 unspecified atom stereocenters. The van der Waals surface area contributed by atoms with Crippen molar-refractivity contribution < 1.29 is 0 Å². The molecule has 0 amide bonds. The molecule has 210 valence electrons. The van der Waals surface area contributed by atoms with Gasteiger partial charge in [0, 0.05) is 0 Å². The molecular weight excluding hydrogens is 530 g/mol. The van der Waals surface area contributed by atoms with Crippen LogP contribution in [0, 0.1) is 6.92 Å². The lowest BCUT2D eigenvalue weighted by Crippen LogP contribution is -2.00. The van der Waals surface area contributed by atoms with E-state index in [0.717, 1.165) is 11.3 Å². The van der Waals surface area contributed by atoms with Gasteiger partial charge < -0.3 is 5.32 Å². The minimum absolute atomic E-state index is 0.206. The smallest absolute Gasteiger partial charge is 0.00201 e. The quantitative estimate of drug-likeness (QED) is 0.189. The van der Waals surface area contributed by atoms with E-state index in [1.54, 1.807) is 0 Å². The summed E-state index contributed by atoms with van der Waals surface area (Å²) in [4.78, 5) is 0. The van der Waals surface area contributed by atoms with E-state index in [2.05, 4.69) is 166 Å². The van der Waals surface area contributed by atoms with E-state index < -0.39 is 0 Å². The van der Waals surface area contributed by atoms with E-state index in [9.17, 15) is 0 Å². The molecule has 0 fully saturated rings. The van der Waals surface area contributed by atoms with Crippen LogP contribution in [0.4, 0.5) is 0 Å². The van der Waals surface area contributed by atoms with Crippen LogP contribution >= 0.6 is 0 Å². The maximum atomic E-state index is 4.83. The van der Waals surface area contributed by atoms with Gasteiger partial charge in [-0.05, 0) is 78.2 Å². The Morgan fingerprint density at radius 1 is 0.455 bits per heavy atom. The average Bonchev–Trinajstić information content (AvgIpc) is 3.07. The number of allylic oxidation sites excluding steroid dienone is 2. The van der Waals surface area contributed by atoms with Crippen molar-refractivity contribution in [3.05, 3.63) is 168 Å². The first kappa shape index (κ1) is 26.2. The minimum atomic E-state index is 0.206. The van der Waals surface area contributed by atoms with Crippen LogP contribution in [0.25, 0.3) is 76.7 Å². The lowest BCUT2D eigenvalue weighted by atomic mass is 9.83. The zero-order valence-corrected chi connectivity index (χ0v) is 25.0. The molecule has 7 aromatic carbocycles. The molecular formula is C43H32N-. The SMILES string of the molecule is Cc1ccc(-c2ccc(-c3c4ccccc4c(-c4ccc(C5=CC=CC(C)[N-]5)cc4)c4ccccc34)c3ccccc23)cc1. The van der Waals surface area contributed by atoms with Crippen molar-refractivity contribution >= 4 is 38.0 Å². The molecule has 0 N–H and O–H groups in total. The lowest BCUT2D eigenvalue weighted by Gasteiger charge is -2.33. The Morgan fingerprint density at radius 2 is 0.932 bits per heavy atom. The highest BCUT2D eigenvalue weighted by atomic mass is 14.9. The van der Waals surface area contributed by atoms with Crippen molar-refractivity contribution in [1.82, 2.24) is 0 Å². The van der Waals surface area contributed by atoms with Gasteiger partial charge in [0.05, 0.1) is 0 Å². The largest absolute Gasteiger partial charge is 0.678 e. The topological polar surface area (TPSA) is 14.1 Å². The fourth-order valence-electron chi connectivity index (χ4n) is 6.82. The molecule has 1 aliphatic rings. The molecule has 1 aliphatic heterocycles. The maximum Gasteiger partial charge on any atom is -0.00201 e. The maximum absolute atomic E-state index is 4.83. The fourth-order valence-corrected chi connectivity index (χ4v) is 6.82. The molecule has 8 rings (SSSR count). The fraction of sp³-hybridized carbons (Fsp3) is 0.0698. The first-order valence-electron chi connectivity index (χ1n) is 15.4. The zero-order valence-electron chi connectivity index (χ0n) is 25.0. The third-order valence-corrected chi connectivity index (χ3v) is 8.94. The Hall–Kier alpha value is -5.40. The molecule has 1 atom stereocenters. The summed E-state index contributed by atoms with van der Waals surface area (Å²) in [6.07, 6.45) is 6.33. The molecule has 0 spiro atoms. The van der Waals surface area contributed by atoms with Gasteiger partial charge in [-0.2, -0.15) is 0 Å². The van der Waals surface area contributed by atoms with Gasteiger partial charge in [0.25, 0.3) is 0 Å². The minimum Gasteiger partial charge on any atom is -0.678 e. The Kier molecular flexibility index (Phi) is 6.38. The summed E-state index contributed by atoms with van der Waals surface area (Å²) in [5.74, 6) is 0. The Balaban J connectivity index is 1.36. The van der Waals surface area contributed by atoms with Crippen molar-refractivity contribution in [2.75, 3.05) is 0 Å². The summed E-state index contributed by atoms with van der Waals surface area (Å²) in [6, 6.07) is 49.3. The number of nitrogens with zero attached hydrogens (tertiary/aromatic N) is 1. The van der Waals surface area contributed by atoms with E-state index in [0.29, 0.717) is 0 Å². The second-order valence-corrected chi connectivity index (χ2v) is 11.8. The third kappa shape index (κ3) is 4.41. The molecule has 0 aliphatic carbocycles. The van der Waals surface area contributed by atoms with Crippen LogP contribution in [0.5, 0.6) is 0 Å².